The number of allylic oxidation sites excluding steroid dienone is 1. The van der Waals surface area contributed by atoms with Crippen LogP contribution >= 0.6 is 0 Å². The van der Waals surface area contributed by atoms with Gasteiger partial charge >= 0.3 is 5.97 Å². The summed E-state index contributed by atoms with van der Waals surface area (Å²) in [5.41, 5.74) is 2.60. The number of nitrogens with zero attached hydrogens (tertiary/aromatic N) is 1. The average Bonchev–Trinajstić information content (AvgIpc) is 2.54. The lowest BCUT2D eigenvalue weighted by atomic mass is 10.1. The Kier molecular flexibility index (Phi) is 5.31. The van der Waals surface area contributed by atoms with E-state index in [1.807, 2.05) is 36.4 Å². The summed E-state index contributed by atoms with van der Waals surface area (Å²) in [7, 11) is 0. The van der Waals surface area contributed by atoms with Crippen molar-refractivity contribution in [1.82, 2.24) is 0 Å². The quantitative estimate of drug-likeness (QED) is 0.621. The van der Waals surface area contributed by atoms with Gasteiger partial charge in [0.25, 0.3) is 0 Å². The third kappa shape index (κ3) is 4.96. The van der Waals surface area contributed by atoms with Gasteiger partial charge in [-0.05, 0) is 29.7 Å². The van der Waals surface area contributed by atoms with Gasteiger partial charge in [0.15, 0.2) is 0 Å². The molecule has 104 valence electrons. The van der Waals surface area contributed by atoms with E-state index in [1.165, 1.54) is 6.08 Å². The standard InChI is InChI=1S/C18H15NO2/c19-13-16-9-11-17(12-10-16)14-21-18(20)8-4-7-15-5-2-1-3-6-15/h1-6,8-12H,7,14H2. The molecule has 0 heterocycles. The molecule has 2 aromatic carbocycles. The van der Waals surface area contributed by atoms with E-state index in [1.54, 1.807) is 30.3 Å². The maximum atomic E-state index is 11.6. The Balaban J connectivity index is 1.78. The summed E-state index contributed by atoms with van der Waals surface area (Å²) in [6.45, 7) is 0.209. The molecule has 0 saturated heterocycles. The Hall–Kier alpha value is -2.86. The molecule has 0 spiro atoms. The molecule has 0 bridgehead atoms. The van der Waals surface area contributed by atoms with E-state index >= 15 is 0 Å². The van der Waals surface area contributed by atoms with Crippen LogP contribution in [0.3, 0.4) is 0 Å². The van der Waals surface area contributed by atoms with E-state index < -0.39 is 0 Å². The minimum Gasteiger partial charge on any atom is -0.458 e. The van der Waals surface area contributed by atoms with E-state index in [9.17, 15) is 4.79 Å². The second kappa shape index (κ2) is 7.66. The fraction of sp³-hybridized carbons (Fsp3) is 0.111. The van der Waals surface area contributed by atoms with Crippen LogP contribution in [0.2, 0.25) is 0 Å². The molecule has 0 aliphatic carbocycles. The van der Waals surface area contributed by atoms with Crippen molar-refractivity contribution in [3.8, 4) is 6.07 Å². The van der Waals surface area contributed by atoms with Crippen LogP contribution in [0.1, 0.15) is 16.7 Å². The number of benzene rings is 2. The number of carbonyl (C=O) groups excluding carboxylic acids is 1. The highest BCUT2D eigenvalue weighted by Crippen LogP contribution is 2.05. The Morgan fingerprint density at radius 2 is 1.76 bits per heavy atom. The average molecular weight is 277 g/mol. The van der Waals surface area contributed by atoms with Gasteiger partial charge in [-0.3, -0.25) is 0 Å². The van der Waals surface area contributed by atoms with Crippen molar-refractivity contribution in [1.29, 1.82) is 5.26 Å². The van der Waals surface area contributed by atoms with Crippen molar-refractivity contribution in [2.24, 2.45) is 0 Å². The second-order valence-corrected chi connectivity index (χ2v) is 4.51. The van der Waals surface area contributed by atoms with Gasteiger partial charge in [0.1, 0.15) is 6.61 Å². The molecule has 0 aliphatic rings. The van der Waals surface area contributed by atoms with Gasteiger partial charge in [-0.1, -0.05) is 48.5 Å². The molecule has 0 saturated carbocycles. The molecule has 0 fully saturated rings. The second-order valence-electron chi connectivity index (χ2n) is 4.51. The SMILES string of the molecule is N#Cc1ccc(COC(=O)C=CCc2ccccc2)cc1. The lowest BCUT2D eigenvalue weighted by molar-refractivity contribution is -0.139. The normalized spacial score (nSPS) is 10.2. The maximum Gasteiger partial charge on any atom is 0.330 e. The molecule has 2 aromatic rings. The first-order valence-corrected chi connectivity index (χ1v) is 6.64. The minimum atomic E-state index is -0.365. The summed E-state index contributed by atoms with van der Waals surface area (Å²) in [5, 5.41) is 8.69. The molecule has 2 rings (SSSR count). The molecule has 0 N–H and O–H groups in total. The lowest BCUT2D eigenvalue weighted by Crippen LogP contribution is -2.01. The van der Waals surface area contributed by atoms with Crippen molar-refractivity contribution < 1.29 is 9.53 Å². The van der Waals surface area contributed by atoms with E-state index in [2.05, 4.69) is 0 Å². The summed E-state index contributed by atoms with van der Waals surface area (Å²) in [6, 6.07) is 18.9. The lowest BCUT2D eigenvalue weighted by Gasteiger charge is -2.02. The number of nitriles is 1. The zero-order valence-corrected chi connectivity index (χ0v) is 11.5. The molecule has 0 amide bonds. The van der Waals surface area contributed by atoms with Crippen LogP contribution in [0.25, 0.3) is 0 Å². The van der Waals surface area contributed by atoms with Gasteiger partial charge in [-0.25, -0.2) is 4.79 Å². The number of hydrogen-bond acceptors (Lipinski definition) is 3. The molecule has 0 aromatic heterocycles. The molecule has 0 radical (unpaired) electrons. The van der Waals surface area contributed by atoms with Gasteiger partial charge in [0.2, 0.25) is 0 Å². The maximum absolute atomic E-state index is 11.6. The van der Waals surface area contributed by atoms with Crippen molar-refractivity contribution in [2.75, 3.05) is 0 Å². The van der Waals surface area contributed by atoms with Crippen LogP contribution < -0.4 is 0 Å². The first-order chi connectivity index (χ1) is 10.3. The monoisotopic (exact) mass is 277 g/mol. The van der Waals surface area contributed by atoms with E-state index in [0.29, 0.717) is 12.0 Å². The zero-order valence-electron chi connectivity index (χ0n) is 11.5. The largest absolute Gasteiger partial charge is 0.458 e. The first kappa shape index (κ1) is 14.5. The fourth-order valence-electron chi connectivity index (χ4n) is 1.78. The number of esters is 1. The van der Waals surface area contributed by atoms with Crippen molar-refractivity contribution >= 4 is 5.97 Å². The zero-order chi connectivity index (χ0) is 14.9. The Labute approximate surface area is 124 Å². The molecule has 21 heavy (non-hydrogen) atoms. The Bertz CT molecular complexity index is 652. The molecular formula is C18H15NO2. The van der Waals surface area contributed by atoms with Crippen molar-refractivity contribution in [3.63, 3.8) is 0 Å². The Morgan fingerprint density at radius 1 is 1.05 bits per heavy atom. The van der Waals surface area contributed by atoms with Crippen LogP contribution in [0.4, 0.5) is 0 Å². The van der Waals surface area contributed by atoms with Gasteiger partial charge in [0.05, 0.1) is 11.6 Å². The number of carbonyl (C=O) groups is 1. The highest BCUT2D eigenvalue weighted by Gasteiger charge is 1.99. The Morgan fingerprint density at radius 3 is 2.43 bits per heavy atom. The van der Waals surface area contributed by atoms with Crippen LogP contribution in [0.15, 0.2) is 66.7 Å². The number of hydrogen-bond donors (Lipinski definition) is 0. The van der Waals surface area contributed by atoms with Crippen LogP contribution in [0, 0.1) is 11.3 Å². The molecule has 0 aliphatic heterocycles. The predicted molar refractivity (Wildman–Crippen MR) is 80.2 cm³/mol. The molecule has 3 heteroatoms. The molecule has 0 unspecified atom stereocenters. The summed E-state index contributed by atoms with van der Waals surface area (Å²) in [6.07, 6.45) is 3.93. The van der Waals surface area contributed by atoms with Gasteiger partial charge in [-0.15, -0.1) is 0 Å². The third-order valence-electron chi connectivity index (χ3n) is 2.91. The van der Waals surface area contributed by atoms with E-state index in [-0.39, 0.29) is 12.6 Å². The third-order valence-corrected chi connectivity index (χ3v) is 2.91. The highest BCUT2D eigenvalue weighted by atomic mass is 16.5. The van der Waals surface area contributed by atoms with E-state index in [4.69, 9.17) is 10.00 Å². The molecule has 0 atom stereocenters. The predicted octanol–water partition coefficient (Wildman–Crippen LogP) is 3.40. The van der Waals surface area contributed by atoms with Crippen molar-refractivity contribution in [3.05, 3.63) is 83.4 Å². The van der Waals surface area contributed by atoms with Gasteiger partial charge < -0.3 is 4.74 Å². The van der Waals surface area contributed by atoms with Crippen LogP contribution in [-0.2, 0) is 22.6 Å². The summed E-state index contributed by atoms with van der Waals surface area (Å²) in [5.74, 6) is -0.365. The summed E-state index contributed by atoms with van der Waals surface area (Å²) < 4.78 is 5.13. The van der Waals surface area contributed by atoms with Gasteiger partial charge in [-0.2, -0.15) is 5.26 Å². The minimum absolute atomic E-state index is 0.209. The van der Waals surface area contributed by atoms with Crippen LogP contribution in [-0.4, -0.2) is 5.97 Å². The number of ether oxygens (including phenoxy) is 1. The molecular weight excluding hydrogens is 262 g/mol. The highest BCUT2D eigenvalue weighted by molar-refractivity contribution is 5.81. The smallest absolute Gasteiger partial charge is 0.330 e. The topological polar surface area (TPSA) is 50.1 Å². The molecule has 3 nitrogen and oxygen atoms in total. The van der Waals surface area contributed by atoms with Crippen molar-refractivity contribution in [2.45, 2.75) is 13.0 Å². The first-order valence-electron chi connectivity index (χ1n) is 6.64. The van der Waals surface area contributed by atoms with Gasteiger partial charge in [0, 0.05) is 6.08 Å². The van der Waals surface area contributed by atoms with Crippen LogP contribution in [0.5, 0.6) is 0 Å². The van der Waals surface area contributed by atoms with E-state index in [0.717, 1.165) is 11.1 Å². The fourth-order valence-corrected chi connectivity index (χ4v) is 1.78. The summed E-state index contributed by atoms with van der Waals surface area (Å²) >= 11 is 0. The summed E-state index contributed by atoms with van der Waals surface area (Å²) in [4.78, 5) is 11.6. The number of rotatable bonds is 5.